The summed E-state index contributed by atoms with van der Waals surface area (Å²) in [6.07, 6.45) is 2.13. The lowest BCUT2D eigenvalue weighted by molar-refractivity contribution is 0.0786. The molecule has 1 aromatic rings. The van der Waals surface area contributed by atoms with Gasteiger partial charge in [0.15, 0.2) is 0 Å². The lowest BCUT2D eigenvalue weighted by Gasteiger charge is -2.05. The molecule has 0 radical (unpaired) electrons. The summed E-state index contributed by atoms with van der Waals surface area (Å²) in [6.45, 7) is 3.09. The van der Waals surface area contributed by atoms with Crippen molar-refractivity contribution in [1.82, 2.24) is 5.32 Å². The van der Waals surface area contributed by atoms with Crippen LogP contribution in [0.1, 0.15) is 30.1 Å². The van der Waals surface area contributed by atoms with Crippen molar-refractivity contribution < 1.29 is 9.53 Å². The van der Waals surface area contributed by atoms with Gasteiger partial charge in [-0.25, -0.2) is 0 Å². The van der Waals surface area contributed by atoms with Gasteiger partial charge in [-0.15, -0.1) is 0 Å². The summed E-state index contributed by atoms with van der Waals surface area (Å²) in [4.78, 5) is 11.5. The number of unbranched alkanes of at least 4 members (excludes halogenated alkanes) is 1. The zero-order valence-electron chi connectivity index (χ0n) is 9.03. The Bertz CT molecular complexity index is 285. The summed E-state index contributed by atoms with van der Waals surface area (Å²) in [5.41, 5.74) is 0.664. The highest BCUT2D eigenvalue weighted by molar-refractivity contribution is 5.93. The Morgan fingerprint density at radius 2 is 2.07 bits per heavy atom. The van der Waals surface area contributed by atoms with Crippen molar-refractivity contribution in [1.29, 1.82) is 0 Å². The highest BCUT2D eigenvalue weighted by Crippen LogP contribution is 1.97. The molecule has 1 N–H and O–H groups in total. The van der Waals surface area contributed by atoms with E-state index in [2.05, 4.69) is 12.2 Å². The third-order valence-corrected chi connectivity index (χ3v) is 2.01. The van der Waals surface area contributed by atoms with E-state index in [4.69, 9.17) is 4.74 Å². The van der Waals surface area contributed by atoms with E-state index in [1.807, 2.05) is 18.2 Å². The highest BCUT2D eigenvalue weighted by Gasteiger charge is 2.02. The molecule has 0 aliphatic rings. The van der Waals surface area contributed by atoms with E-state index in [-0.39, 0.29) is 12.6 Å². The normalized spacial score (nSPS) is 9.93. The van der Waals surface area contributed by atoms with Gasteiger partial charge in [0.05, 0.1) is 0 Å². The first-order chi connectivity index (χ1) is 7.34. The number of hydrogen-bond acceptors (Lipinski definition) is 2. The van der Waals surface area contributed by atoms with Gasteiger partial charge >= 0.3 is 0 Å². The van der Waals surface area contributed by atoms with E-state index in [0.717, 1.165) is 12.8 Å². The largest absolute Gasteiger partial charge is 0.361 e. The standard InChI is InChI=1S/C12H17NO2/c1-2-3-9-15-10-13-12(14)11-7-5-4-6-8-11/h4-8H,2-3,9-10H2,1H3,(H,13,14). The predicted molar refractivity (Wildman–Crippen MR) is 59.6 cm³/mol. The van der Waals surface area contributed by atoms with Crippen LogP contribution in [0, 0.1) is 0 Å². The number of hydrogen-bond donors (Lipinski definition) is 1. The molecule has 15 heavy (non-hydrogen) atoms. The maximum absolute atomic E-state index is 11.5. The maximum Gasteiger partial charge on any atom is 0.253 e. The molecule has 3 nitrogen and oxygen atoms in total. The molecule has 1 rings (SSSR count). The smallest absolute Gasteiger partial charge is 0.253 e. The zero-order valence-corrected chi connectivity index (χ0v) is 9.03. The Hall–Kier alpha value is -1.35. The Morgan fingerprint density at radius 3 is 2.73 bits per heavy atom. The van der Waals surface area contributed by atoms with E-state index in [1.165, 1.54) is 0 Å². The minimum absolute atomic E-state index is 0.0906. The van der Waals surface area contributed by atoms with Gasteiger partial charge in [0.1, 0.15) is 6.73 Å². The Balaban J connectivity index is 2.20. The van der Waals surface area contributed by atoms with Gasteiger partial charge < -0.3 is 10.1 Å². The van der Waals surface area contributed by atoms with Crippen LogP contribution in [0.5, 0.6) is 0 Å². The molecule has 0 fully saturated rings. The molecule has 0 aliphatic heterocycles. The van der Waals surface area contributed by atoms with E-state index < -0.39 is 0 Å². The van der Waals surface area contributed by atoms with E-state index in [9.17, 15) is 4.79 Å². The number of carbonyl (C=O) groups is 1. The summed E-state index contributed by atoms with van der Waals surface area (Å²) in [5.74, 6) is -0.0906. The second-order valence-electron chi connectivity index (χ2n) is 3.28. The van der Waals surface area contributed by atoms with Gasteiger partial charge in [0.2, 0.25) is 0 Å². The monoisotopic (exact) mass is 207 g/mol. The quantitative estimate of drug-likeness (QED) is 0.573. The summed E-state index contributed by atoms with van der Waals surface area (Å²) in [6, 6.07) is 9.12. The second-order valence-corrected chi connectivity index (χ2v) is 3.28. The van der Waals surface area contributed by atoms with Crippen molar-refractivity contribution in [3.63, 3.8) is 0 Å². The van der Waals surface area contributed by atoms with Crippen LogP contribution in [0.4, 0.5) is 0 Å². The Kier molecular flexibility index (Phi) is 5.48. The highest BCUT2D eigenvalue weighted by atomic mass is 16.5. The molecule has 0 saturated heterocycles. The topological polar surface area (TPSA) is 38.3 Å². The molecule has 1 aromatic carbocycles. The molecule has 0 heterocycles. The van der Waals surface area contributed by atoms with Crippen molar-refractivity contribution in [3.05, 3.63) is 35.9 Å². The lowest BCUT2D eigenvalue weighted by atomic mass is 10.2. The van der Waals surface area contributed by atoms with Crippen molar-refractivity contribution in [2.75, 3.05) is 13.3 Å². The molecule has 0 unspecified atom stereocenters. The molecular formula is C12H17NO2. The molecule has 0 aliphatic carbocycles. The molecular weight excluding hydrogens is 190 g/mol. The van der Waals surface area contributed by atoms with Crippen LogP contribution in [-0.4, -0.2) is 19.2 Å². The minimum atomic E-state index is -0.0906. The molecule has 0 atom stereocenters. The van der Waals surface area contributed by atoms with Gasteiger partial charge in [0, 0.05) is 12.2 Å². The fourth-order valence-corrected chi connectivity index (χ4v) is 1.13. The fraction of sp³-hybridized carbons (Fsp3) is 0.417. The fourth-order valence-electron chi connectivity index (χ4n) is 1.13. The van der Waals surface area contributed by atoms with Gasteiger partial charge in [-0.2, -0.15) is 0 Å². The molecule has 0 bridgehead atoms. The van der Waals surface area contributed by atoms with Gasteiger partial charge in [0.25, 0.3) is 5.91 Å². The SMILES string of the molecule is CCCCOCNC(=O)c1ccccc1. The second kappa shape index (κ2) is 7.01. The number of nitrogens with one attached hydrogen (secondary N) is 1. The molecule has 0 saturated carbocycles. The van der Waals surface area contributed by atoms with Crippen LogP contribution >= 0.6 is 0 Å². The summed E-state index contributed by atoms with van der Waals surface area (Å²) >= 11 is 0. The summed E-state index contributed by atoms with van der Waals surface area (Å²) in [7, 11) is 0. The third-order valence-electron chi connectivity index (χ3n) is 2.01. The van der Waals surface area contributed by atoms with Crippen molar-refractivity contribution in [3.8, 4) is 0 Å². The molecule has 82 valence electrons. The van der Waals surface area contributed by atoms with Crippen molar-refractivity contribution >= 4 is 5.91 Å². The number of carbonyl (C=O) groups excluding carboxylic acids is 1. The predicted octanol–water partition coefficient (Wildman–Crippen LogP) is 2.19. The number of ether oxygens (including phenoxy) is 1. The van der Waals surface area contributed by atoms with E-state index in [0.29, 0.717) is 12.2 Å². The number of benzene rings is 1. The van der Waals surface area contributed by atoms with Gasteiger partial charge in [-0.05, 0) is 18.6 Å². The molecule has 3 heteroatoms. The Morgan fingerprint density at radius 1 is 1.33 bits per heavy atom. The average Bonchev–Trinajstić information content (AvgIpc) is 2.30. The van der Waals surface area contributed by atoms with Crippen molar-refractivity contribution in [2.45, 2.75) is 19.8 Å². The van der Waals surface area contributed by atoms with Crippen LogP contribution in [0.15, 0.2) is 30.3 Å². The van der Waals surface area contributed by atoms with Crippen molar-refractivity contribution in [2.24, 2.45) is 0 Å². The van der Waals surface area contributed by atoms with Gasteiger partial charge in [-0.1, -0.05) is 31.5 Å². The first kappa shape index (κ1) is 11.7. The first-order valence-corrected chi connectivity index (χ1v) is 5.25. The zero-order chi connectivity index (χ0) is 10.9. The van der Waals surface area contributed by atoms with Crippen LogP contribution < -0.4 is 5.32 Å². The van der Waals surface area contributed by atoms with E-state index in [1.54, 1.807) is 12.1 Å². The summed E-state index contributed by atoms with van der Waals surface area (Å²) in [5, 5.41) is 2.70. The van der Waals surface area contributed by atoms with Gasteiger partial charge in [-0.3, -0.25) is 4.79 Å². The third kappa shape index (κ3) is 4.61. The van der Waals surface area contributed by atoms with E-state index >= 15 is 0 Å². The van der Waals surface area contributed by atoms with Crippen LogP contribution in [0.25, 0.3) is 0 Å². The molecule has 0 aromatic heterocycles. The van der Waals surface area contributed by atoms with Crippen LogP contribution in [0.3, 0.4) is 0 Å². The number of rotatable bonds is 6. The average molecular weight is 207 g/mol. The lowest BCUT2D eigenvalue weighted by Crippen LogP contribution is -2.26. The first-order valence-electron chi connectivity index (χ1n) is 5.25. The molecule has 1 amide bonds. The maximum atomic E-state index is 11.5. The number of amides is 1. The van der Waals surface area contributed by atoms with Crippen LogP contribution in [0.2, 0.25) is 0 Å². The van der Waals surface area contributed by atoms with Crippen LogP contribution in [-0.2, 0) is 4.74 Å². The summed E-state index contributed by atoms with van der Waals surface area (Å²) < 4.78 is 5.23. The minimum Gasteiger partial charge on any atom is -0.361 e. The molecule has 0 spiro atoms. The Labute approximate surface area is 90.4 Å².